The minimum absolute atomic E-state index is 0.271. The number of hydroxylamine groups is 1. The second-order valence-corrected chi connectivity index (χ2v) is 8.94. The average Bonchev–Trinajstić information content (AvgIpc) is 3.40. The van der Waals surface area contributed by atoms with E-state index in [1.54, 1.807) is 11.1 Å². The van der Waals surface area contributed by atoms with Gasteiger partial charge in [0, 0.05) is 0 Å². The zero-order valence-corrected chi connectivity index (χ0v) is 20.7. The largest absolute Gasteiger partial charge is 0.490 e. The Kier molecular flexibility index (Phi) is 6.65. The molecule has 0 spiro atoms. The molecule has 2 amide bonds. The average molecular weight is 487 g/mol. The predicted octanol–water partition coefficient (Wildman–Crippen LogP) is 5.23. The first-order valence-electron chi connectivity index (χ1n) is 12.4. The van der Waals surface area contributed by atoms with E-state index in [1.165, 1.54) is 4.90 Å². The van der Waals surface area contributed by atoms with Crippen molar-refractivity contribution in [1.82, 2.24) is 0 Å². The highest BCUT2D eigenvalue weighted by atomic mass is 16.7. The lowest BCUT2D eigenvalue weighted by atomic mass is 9.90. The number of benzene rings is 3. The van der Waals surface area contributed by atoms with Crippen LogP contribution in [0.5, 0.6) is 11.5 Å². The van der Waals surface area contributed by atoms with E-state index in [0.717, 1.165) is 23.2 Å². The molecular formula is C29H30N2O5. The van der Waals surface area contributed by atoms with Crippen LogP contribution < -0.4 is 19.4 Å². The van der Waals surface area contributed by atoms with Crippen LogP contribution in [-0.2, 0) is 14.4 Å². The second kappa shape index (κ2) is 10.0. The summed E-state index contributed by atoms with van der Waals surface area (Å²) in [6, 6.07) is 22.1. The molecule has 3 aromatic rings. The molecule has 7 nitrogen and oxygen atoms in total. The number of hydrogen-bond donors (Lipinski definition) is 0. The fourth-order valence-electron chi connectivity index (χ4n) is 4.91. The molecule has 0 unspecified atom stereocenters. The molecule has 7 heteroatoms. The number of ether oxygens (including phenoxy) is 2. The molecule has 2 heterocycles. The summed E-state index contributed by atoms with van der Waals surface area (Å²) in [7, 11) is 0. The van der Waals surface area contributed by atoms with Gasteiger partial charge in [-0.25, -0.2) is 9.96 Å². The molecule has 2 aliphatic rings. The molecule has 0 bridgehead atoms. The van der Waals surface area contributed by atoms with Gasteiger partial charge in [-0.2, -0.15) is 0 Å². The van der Waals surface area contributed by atoms with Crippen LogP contribution >= 0.6 is 0 Å². The van der Waals surface area contributed by atoms with Gasteiger partial charge in [-0.15, -0.1) is 0 Å². The van der Waals surface area contributed by atoms with Gasteiger partial charge in [0.1, 0.15) is 5.92 Å². The predicted molar refractivity (Wildman–Crippen MR) is 137 cm³/mol. The van der Waals surface area contributed by atoms with Gasteiger partial charge in [0.15, 0.2) is 17.6 Å². The van der Waals surface area contributed by atoms with E-state index in [4.69, 9.17) is 14.3 Å². The number of aryl methyl sites for hydroxylation is 1. The van der Waals surface area contributed by atoms with E-state index in [9.17, 15) is 9.59 Å². The quantitative estimate of drug-likeness (QED) is 0.406. The van der Waals surface area contributed by atoms with Crippen LogP contribution in [-0.4, -0.2) is 31.1 Å². The molecule has 0 aliphatic carbocycles. The maximum atomic E-state index is 13.9. The number of rotatable bonds is 8. The summed E-state index contributed by atoms with van der Waals surface area (Å²) in [5.41, 5.74) is 3.02. The summed E-state index contributed by atoms with van der Waals surface area (Å²) in [6.07, 6.45) is -0.0467. The maximum Gasteiger partial charge on any atom is 0.266 e. The summed E-state index contributed by atoms with van der Waals surface area (Å²) >= 11 is 0. The molecule has 3 atom stereocenters. The number of anilines is 2. The Morgan fingerprint density at radius 2 is 1.61 bits per heavy atom. The van der Waals surface area contributed by atoms with E-state index >= 15 is 0 Å². The third-order valence-corrected chi connectivity index (χ3v) is 6.55. The molecule has 0 aromatic heterocycles. The highest BCUT2D eigenvalue weighted by Crippen LogP contribution is 2.49. The van der Waals surface area contributed by atoms with Gasteiger partial charge in [0.25, 0.3) is 5.91 Å². The monoisotopic (exact) mass is 486 g/mol. The number of nitrogens with zero attached hydrogens (tertiary/aromatic N) is 2. The number of carbonyl (C=O) groups excluding carboxylic acids is 2. The highest BCUT2D eigenvalue weighted by molar-refractivity contribution is 6.24. The van der Waals surface area contributed by atoms with Crippen LogP contribution in [0.15, 0.2) is 72.8 Å². The van der Waals surface area contributed by atoms with Crippen molar-refractivity contribution in [2.75, 3.05) is 23.2 Å². The molecule has 0 saturated carbocycles. The summed E-state index contributed by atoms with van der Waals surface area (Å²) in [5, 5.41) is 1.69. The van der Waals surface area contributed by atoms with Gasteiger partial charge in [-0.05, 0) is 61.7 Å². The van der Waals surface area contributed by atoms with E-state index in [0.29, 0.717) is 30.4 Å². The lowest BCUT2D eigenvalue weighted by molar-refractivity contribution is -0.126. The van der Waals surface area contributed by atoms with E-state index in [1.807, 2.05) is 87.5 Å². The third kappa shape index (κ3) is 4.09. The fraction of sp³-hybridized carbons (Fsp3) is 0.310. The van der Waals surface area contributed by atoms with E-state index in [-0.39, 0.29) is 11.8 Å². The molecular weight excluding hydrogens is 456 g/mol. The Bertz CT molecular complexity index is 1260. The molecule has 3 aromatic carbocycles. The Labute approximate surface area is 211 Å². The lowest BCUT2D eigenvalue weighted by Crippen LogP contribution is -2.37. The first-order valence-corrected chi connectivity index (χ1v) is 12.4. The van der Waals surface area contributed by atoms with Crippen molar-refractivity contribution < 1.29 is 23.9 Å². The molecule has 2 fully saturated rings. The smallest absolute Gasteiger partial charge is 0.266 e. The van der Waals surface area contributed by atoms with Crippen LogP contribution in [0.25, 0.3) is 0 Å². The topological polar surface area (TPSA) is 68.3 Å². The Morgan fingerprint density at radius 3 is 2.33 bits per heavy atom. The SMILES string of the molecule is CCCOc1ccc([C@@H]2[C@H]3C(=O)N(c4ccccc4C)C(=O)[C@@H]3ON2c2ccccc2)cc1OCC. The van der Waals surface area contributed by atoms with Crippen LogP contribution in [0.2, 0.25) is 0 Å². The minimum atomic E-state index is -0.922. The Hall–Kier alpha value is -3.84. The van der Waals surface area contributed by atoms with Crippen LogP contribution in [0.4, 0.5) is 11.4 Å². The molecule has 5 rings (SSSR count). The highest BCUT2D eigenvalue weighted by Gasteiger charge is 2.60. The fourth-order valence-corrected chi connectivity index (χ4v) is 4.91. The Morgan fingerprint density at radius 1 is 0.861 bits per heavy atom. The third-order valence-electron chi connectivity index (χ3n) is 6.55. The van der Waals surface area contributed by atoms with Crippen molar-refractivity contribution in [1.29, 1.82) is 0 Å². The number of hydrogen-bond acceptors (Lipinski definition) is 6. The first kappa shape index (κ1) is 23.9. The Balaban J connectivity index is 1.59. The van der Waals surface area contributed by atoms with Crippen molar-refractivity contribution in [3.05, 3.63) is 83.9 Å². The molecule has 2 aliphatic heterocycles. The zero-order chi connectivity index (χ0) is 25.2. The van der Waals surface area contributed by atoms with Gasteiger partial charge in [0.05, 0.1) is 30.6 Å². The standard InChI is InChI=1S/C29H30N2O5/c1-4-17-35-23-16-15-20(18-24(23)34-5-2)26-25-27(36-31(26)21-12-7-6-8-13-21)29(33)30(28(25)32)22-14-10-9-11-19(22)3/h6-16,18,25-27H,4-5,17H2,1-3H3/t25-,26-,27-/m1/s1. The second-order valence-electron chi connectivity index (χ2n) is 8.94. The molecule has 186 valence electrons. The number of amides is 2. The summed E-state index contributed by atoms with van der Waals surface area (Å²) in [5.74, 6) is -0.0798. The molecule has 0 N–H and O–H groups in total. The van der Waals surface area contributed by atoms with E-state index in [2.05, 4.69) is 0 Å². The molecule has 36 heavy (non-hydrogen) atoms. The minimum Gasteiger partial charge on any atom is -0.490 e. The van der Waals surface area contributed by atoms with Crippen molar-refractivity contribution in [3.63, 3.8) is 0 Å². The van der Waals surface area contributed by atoms with Crippen LogP contribution in [0.1, 0.15) is 37.4 Å². The number of fused-ring (bicyclic) bond motifs is 1. The van der Waals surface area contributed by atoms with Crippen molar-refractivity contribution in [2.45, 2.75) is 39.3 Å². The van der Waals surface area contributed by atoms with Crippen molar-refractivity contribution in [3.8, 4) is 11.5 Å². The summed E-state index contributed by atoms with van der Waals surface area (Å²) in [6.45, 7) is 6.90. The van der Waals surface area contributed by atoms with Crippen LogP contribution in [0.3, 0.4) is 0 Å². The number of carbonyl (C=O) groups is 2. The number of imide groups is 1. The van der Waals surface area contributed by atoms with Gasteiger partial charge in [-0.3, -0.25) is 14.4 Å². The van der Waals surface area contributed by atoms with Gasteiger partial charge < -0.3 is 9.47 Å². The van der Waals surface area contributed by atoms with Crippen molar-refractivity contribution >= 4 is 23.2 Å². The lowest BCUT2D eigenvalue weighted by Gasteiger charge is -2.29. The van der Waals surface area contributed by atoms with Gasteiger partial charge in [0.2, 0.25) is 5.91 Å². The first-order chi connectivity index (χ1) is 17.5. The zero-order valence-electron chi connectivity index (χ0n) is 20.7. The molecule has 2 saturated heterocycles. The van der Waals surface area contributed by atoms with Crippen LogP contribution in [0, 0.1) is 12.8 Å². The van der Waals surface area contributed by atoms with E-state index < -0.39 is 18.1 Å². The molecule has 0 radical (unpaired) electrons. The number of para-hydroxylation sites is 2. The van der Waals surface area contributed by atoms with Gasteiger partial charge in [-0.1, -0.05) is 49.4 Å². The summed E-state index contributed by atoms with van der Waals surface area (Å²) in [4.78, 5) is 35.0. The maximum absolute atomic E-state index is 13.9. The normalized spacial score (nSPS) is 21.1. The summed E-state index contributed by atoms with van der Waals surface area (Å²) < 4.78 is 11.8. The van der Waals surface area contributed by atoms with Crippen molar-refractivity contribution in [2.24, 2.45) is 5.92 Å². The van der Waals surface area contributed by atoms with Gasteiger partial charge >= 0.3 is 0 Å².